The molecule has 1 heterocycles. The molecule has 5 nitrogen and oxygen atoms in total. The first-order chi connectivity index (χ1) is 12.0. The van der Waals surface area contributed by atoms with Gasteiger partial charge >= 0.3 is 0 Å². The summed E-state index contributed by atoms with van der Waals surface area (Å²) >= 11 is 0. The van der Waals surface area contributed by atoms with Gasteiger partial charge < -0.3 is 15.5 Å². The second-order valence-electron chi connectivity index (χ2n) is 9.42. The van der Waals surface area contributed by atoms with Crippen LogP contribution in [0.15, 0.2) is 0 Å². The maximum absolute atomic E-state index is 12.5. The summed E-state index contributed by atoms with van der Waals surface area (Å²) in [5, 5.41) is 6.12. The topological polar surface area (TPSA) is 61.4 Å². The monoisotopic (exact) mass is 383 g/mol. The highest BCUT2D eigenvalue weighted by molar-refractivity contribution is 5.85. The zero-order chi connectivity index (χ0) is 17.4. The molecule has 4 bridgehead atoms. The predicted molar refractivity (Wildman–Crippen MR) is 104 cm³/mol. The molecule has 5 aliphatic rings. The third kappa shape index (κ3) is 4.19. The van der Waals surface area contributed by atoms with Crippen molar-refractivity contribution in [2.45, 2.75) is 51.4 Å². The quantitative estimate of drug-likeness (QED) is 0.739. The smallest absolute Gasteiger partial charge is 0.241 e. The second kappa shape index (κ2) is 8.05. The van der Waals surface area contributed by atoms with Crippen LogP contribution in [0.3, 0.4) is 0 Å². The standard InChI is InChI=1S/C20H33N3O2.ClH/c1-21-11-14-2-3-23(13-14)19(25)12-22-18(24)10-20-7-15-4-16(8-20)6-17(5-15)9-20;/h14-17,21H,2-13H2,1H3,(H,22,24);1H. The Morgan fingerprint density at radius 1 is 1.08 bits per heavy atom. The van der Waals surface area contributed by atoms with Crippen molar-refractivity contribution in [3.63, 3.8) is 0 Å². The van der Waals surface area contributed by atoms with Crippen molar-refractivity contribution >= 4 is 24.2 Å². The molecule has 1 unspecified atom stereocenters. The van der Waals surface area contributed by atoms with Crippen LogP contribution in [-0.4, -0.2) is 49.9 Å². The van der Waals surface area contributed by atoms with E-state index in [1.807, 2.05) is 11.9 Å². The van der Waals surface area contributed by atoms with E-state index in [1.165, 1.54) is 38.5 Å². The molecule has 0 aromatic carbocycles. The van der Waals surface area contributed by atoms with E-state index in [0.29, 0.717) is 12.3 Å². The van der Waals surface area contributed by atoms with Crippen LogP contribution in [-0.2, 0) is 9.59 Å². The third-order valence-electron chi connectivity index (χ3n) is 7.27. The van der Waals surface area contributed by atoms with Gasteiger partial charge in [-0.25, -0.2) is 0 Å². The molecule has 1 saturated heterocycles. The fourth-order valence-corrected chi connectivity index (χ4v) is 6.71. The SMILES string of the molecule is CNCC1CCN(C(=O)CNC(=O)CC23CC4CC(CC(C4)C2)C3)C1.Cl. The Kier molecular flexibility index (Phi) is 6.18. The maximum atomic E-state index is 12.5. The number of carbonyl (C=O) groups is 2. The van der Waals surface area contributed by atoms with Gasteiger partial charge in [-0.2, -0.15) is 0 Å². The number of rotatable bonds is 6. The lowest BCUT2D eigenvalue weighted by molar-refractivity contribution is -0.135. The molecule has 4 aliphatic carbocycles. The lowest BCUT2D eigenvalue weighted by Gasteiger charge is -2.56. The highest BCUT2D eigenvalue weighted by atomic mass is 35.5. The van der Waals surface area contributed by atoms with Crippen molar-refractivity contribution in [1.82, 2.24) is 15.5 Å². The molecule has 1 atom stereocenters. The van der Waals surface area contributed by atoms with Crippen LogP contribution in [0.4, 0.5) is 0 Å². The minimum Gasteiger partial charge on any atom is -0.347 e. The van der Waals surface area contributed by atoms with Gasteiger partial charge in [-0.3, -0.25) is 9.59 Å². The summed E-state index contributed by atoms with van der Waals surface area (Å²) in [5.41, 5.74) is 0.257. The molecule has 0 spiro atoms. The van der Waals surface area contributed by atoms with Crippen LogP contribution < -0.4 is 10.6 Å². The van der Waals surface area contributed by atoms with Gasteiger partial charge in [0.15, 0.2) is 0 Å². The predicted octanol–water partition coefficient (Wildman–Crippen LogP) is 2.20. The Bertz CT molecular complexity index is 504. The van der Waals surface area contributed by atoms with Gasteiger partial charge in [-0.05, 0) is 87.6 Å². The van der Waals surface area contributed by atoms with E-state index in [-0.39, 0.29) is 36.2 Å². The summed E-state index contributed by atoms with van der Waals surface area (Å²) in [5.74, 6) is 3.34. The van der Waals surface area contributed by atoms with Gasteiger partial charge in [0, 0.05) is 19.5 Å². The Morgan fingerprint density at radius 3 is 2.27 bits per heavy atom. The van der Waals surface area contributed by atoms with Gasteiger partial charge in [0.1, 0.15) is 0 Å². The Hall–Kier alpha value is -0.810. The van der Waals surface area contributed by atoms with Crippen LogP contribution in [0.2, 0.25) is 0 Å². The zero-order valence-corrected chi connectivity index (χ0v) is 16.8. The van der Waals surface area contributed by atoms with E-state index in [2.05, 4.69) is 10.6 Å². The molecule has 4 saturated carbocycles. The summed E-state index contributed by atoms with van der Waals surface area (Å²) in [7, 11) is 1.95. The average molecular weight is 384 g/mol. The second-order valence-corrected chi connectivity index (χ2v) is 9.42. The molecule has 0 aromatic heterocycles. The summed E-state index contributed by atoms with van der Waals surface area (Å²) in [6.45, 7) is 2.79. The van der Waals surface area contributed by atoms with E-state index in [0.717, 1.165) is 43.8 Å². The molecular formula is C20H34ClN3O2. The van der Waals surface area contributed by atoms with Gasteiger partial charge in [0.05, 0.1) is 6.54 Å². The summed E-state index contributed by atoms with van der Waals surface area (Å²) in [6, 6.07) is 0. The van der Waals surface area contributed by atoms with E-state index in [1.54, 1.807) is 0 Å². The third-order valence-corrected chi connectivity index (χ3v) is 7.27. The lowest BCUT2D eigenvalue weighted by Crippen LogP contribution is -2.48. The number of hydrogen-bond donors (Lipinski definition) is 2. The first kappa shape index (κ1) is 19.9. The summed E-state index contributed by atoms with van der Waals surface area (Å²) in [4.78, 5) is 26.8. The van der Waals surface area contributed by atoms with Crippen molar-refractivity contribution in [1.29, 1.82) is 0 Å². The van der Waals surface area contributed by atoms with Crippen LogP contribution in [0, 0.1) is 29.1 Å². The normalized spacial score (nSPS) is 37.5. The van der Waals surface area contributed by atoms with E-state index in [4.69, 9.17) is 0 Å². The van der Waals surface area contributed by atoms with Crippen LogP contribution >= 0.6 is 12.4 Å². The molecule has 5 fully saturated rings. The number of halogens is 1. The number of likely N-dealkylation sites (tertiary alicyclic amines) is 1. The van der Waals surface area contributed by atoms with Crippen LogP contribution in [0.1, 0.15) is 51.4 Å². The minimum atomic E-state index is 0. The number of amides is 2. The average Bonchev–Trinajstić information content (AvgIpc) is 3.00. The molecule has 0 aromatic rings. The molecule has 148 valence electrons. The molecule has 6 heteroatoms. The van der Waals surface area contributed by atoms with Crippen molar-refractivity contribution in [3.05, 3.63) is 0 Å². The molecule has 1 aliphatic heterocycles. The molecule has 0 radical (unpaired) electrons. The zero-order valence-electron chi connectivity index (χ0n) is 16.0. The highest BCUT2D eigenvalue weighted by Gasteiger charge is 2.51. The maximum Gasteiger partial charge on any atom is 0.241 e. The Morgan fingerprint density at radius 2 is 1.69 bits per heavy atom. The minimum absolute atomic E-state index is 0. The fraction of sp³-hybridized carbons (Fsp3) is 0.900. The molecule has 2 N–H and O–H groups in total. The summed E-state index contributed by atoms with van der Waals surface area (Å²) < 4.78 is 0. The van der Waals surface area contributed by atoms with Crippen molar-refractivity contribution < 1.29 is 9.59 Å². The largest absolute Gasteiger partial charge is 0.347 e. The van der Waals surface area contributed by atoms with Gasteiger partial charge in [0.25, 0.3) is 0 Å². The van der Waals surface area contributed by atoms with Crippen molar-refractivity contribution in [2.24, 2.45) is 29.1 Å². The molecule has 5 rings (SSSR count). The number of nitrogens with one attached hydrogen (secondary N) is 2. The van der Waals surface area contributed by atoms with Crippen LogP contribution in [0.5, 0.6) is 0 Å². The number of carbonyl (C=O) groups excluding carboxylic acids is 2. The number of nitrogens with zero attached hydrogens (tertiary/aromatic N) is 1. The summed E-state index contributed by atoms with van der Waals surface area (Å²) in [6.07, 6.45) is 9.67. The van der Waals surface area contributed by atoms with Crippen molar-refractivity contribution in [3.8, 4) is 0 Å². The Labute approximate surface area is 163 Å². The van der Waals surface area contributed by atoms with Crippen molar-refractivity contribution in [2.75, 3.05) is 33.2 Å². The lowest BCUT2D eigenvalue weighted by atomic mass is 9.49. The first-order valence-electron chi connectivity index (χ1n) is 10.2. The molecule has 2 amide bonds. The van der Waals surface area contributed by atoms with Crippen LogP contribution in [0.25, 0.3) is 0 Å². The Balaban J connectivity index is 0.00000196. The van der Waals surface area contributed by atoms with E-state index < -0.39 is 0 Å². The highest BCUT2D eigenvalue weighted by Crippen LogP contribution is 2.61. The van der Waals surface area contributed by atoms with Gasteiger partial charge in [0.2, 0.25) is 11.8 Å². The van der Waals surface area contributed by atoms with E-state index >= 15 is 0 Å². The fourth-order valence-electron chi connectivity index (χ4n) is 6.71. The van der Waals surface area contributed by atoms with E-state index in [9.17, 15) is 9.59 Å². The molecular weight excluding hydrogens is 350 g/mol. The molecule has 26 heavy (non-hydrogen) atoms. The van der Waals surface area contributed by atoms with Gasteiger partial charge in [-0.1, -0.05) is 0 Å². The number of hydrogen-bond acceptors (Lipinski definition) is 3. The van der Waals surface area contributed by atoms with Gasteiger partial charge in [-0.15, -0.1) is 12.4 Å². The first-order valence-corrected chi connectivity index (χ1v) is 10.2.